The second-order valence-corrected chi connectivity index (χ2v) is 13.3. The summed E-state index contributed by atoms with van der Waals surface area (Å²) in [7, 11) is 0. The average molecular weight is 621 g/mol. The molecule has 11 rings (SSSR count). The highest BCUT2D eigenvalue weighted by molar-refractivity contribution is 6.45. The van der Waals surface area contributed by atoms with Crippen molar-refractivity contribution in [3.8, 4) is 39.1 Å². The zero-order valence-corrected chi connectivity index (χ0v) is 26.5. The lowest BCUT2D eigenvalue weighted by Crippen LogP contribution is -1.91. The van der Waals surface area contributed by atoms with Gasteiger partial charge < -0.3 is 5.11 Å². The predicted octanol–water partition coefficient (Wildman–Crippen LogP) is 13.3. The van der Waals surface area contributed by atoms with E-state index in [4.69, 9.17) is 0 Å². The Hall–Kier alpha value is -6.44. The van der Waals surface area contributed by atoms with Gasteiger partial charge in [-0.1, -0.05) is 146 Å². The molecule has 0 fully saturated rings. The maximum atomic E-state index is 10.4. The third-order valence-electron chi connectivity index (χ3n) is 10.8. The molecule has 0 aromatic heterocycles. The molecule has 0 radical (unpaired) electrons. The van der Waals surface area contributed by atoms with Crippen molar-refractivity contribution in [2.75, 3.05) is 0 Å². The van der Waals surface area contributed by atoms with Crippen molar-refractivity contribution in [1.82, 2.24) is 0 Å². The summed E-state index contributed by atoms with van der Waals surface area (Å²) < 4.78 is 0. The summed E-state index contributed by atoms with van der Waals surface area (Å²) in [4.78, 5) is 0. The summed E-state index contributed by atoms with van der Waals surface area (Å²) in [5.41, 5.74) is 7.14. The molecule has 0 aliphatic carbocycles. The molecule has 0 atom stereocenters. The van der Waals surface area contributed by atoms with Crippen LogP contribution in [0.25, 0.3) is 109 Å². The van der Waals surface area contributed by atoms with E-state index in [1.165, 1.54) is 97.7 Å². The van der Waals surface area contributed by atoms with Crippen LogP contribution < -0.4 is 0 Å². The van der Waals surface area contributed by atoms with Gasteiger partial charge in [0.25, 0.3) is 0 Å². The van der Waals surface area contributed by atoms with E-state index in [1.807, 2.05) is 12.1 Å². The largest absolute Gasteiger partial charge is 0.508 e. The molecule has 0 aliphatic rings. The van der Waals surface area contributed by atoms with Crippen LogP contribution in [0, 0.1) is 0 Å². The average Bonchev–Trinajstić information content (AvgIpc) is 3.66. The first-order valence-electron chi connectivity index (χ1n) is 16.9. The molecular weight excluding hydrogens is 593 g/mol. The van der Waals surface area contributed by atoms with Crippen LogP contribution >= 0.6 is 0 Å². The second-order valence-electron chi connectivity index (χ2n) is 13.3. The summed E-state index contributed by atoms with van der Waals surface area (Å²) in [5, 5.41) is 28.5. The minimum absolute atomic E-state index is 0.276. The lowest BCUT2D eigenvalue weighted by Gasteiger charge is -2.19. The van der Waals surface area contributed by atoms with E-state index in [1.54, 1.807) is 6.07 Å². The smallest absolute Gasteiger partial charge is 0.116 e. The topological polar surface area (TPSA) is 20.2 Å². The highest BCUT2D eigenvalue weighted by Crippen LogP contribution is 2.55. The Balaban J connectivity index is 1.46. The lowest BCUT2D eigenvalue weighted by atomic mass is 9.84. The van der Waals surface area contributed by atoms with Crippen LogP contribution in [0.5, 0.6) is 5.75 Å². The fraction of sp³-hybridized carbons (Fsp3) is 0. The molecule has 0 heterocycles. The van der Waals surface area contributed by atoms with E-state index >= 15 is 0 Å². The molecule has 226 valence electrons. The van der Waals surface area contributed by atoms with Crippen molar-refractivity contribution >= 4 is 75.4 Å². The van der Waals surface area contributed by atoms with Crippen LogP contribution in [0.4, 0.5) is 0 Å². The first-order chi connectivity index (χ1) is 24.3. The Morgan fingerprint density at radius 1 is 0.265 bits per heavy atom. The zero-order chi connectivity index (χ0) is 32.2. The van der Waals surface area contributed by atoms with Crippen LogP contribution in [0.1, 0.15) is 0 Å². The van der Waals surface area contributed by atoms with Crippen LogP contribution in [0.2, 0.25) is 0 Å². The van der Waals surface area contributed by atoms with Gasteiger partial charge in [0, 0.05) is 0 Å². The molecule has 1 N–H and O–H groups in total. The summed E-state index contributed by atoms with van der Waals surface area (Å²) in [6, 6.07) is 59.1. The van der Waals surface area contributed by atoms with Gasteiger partial charge in [-0.25, -0.2) is 0 Å². The summed E-state index contributed by atoms with van der Waals surface area (Å²) in [6.07, 6.45) is 0. The van der Waals surface area contributed by atoms with E-state index in [0.717, 1.165) is 11.1 Å². The van der Waals surface area contributed by atoms with E-state index in [0.29, 0.717) is 0 Å². The first-order valence-corrected chi connectivity index (χ1v) is 16.9. The van der Waals surface area contributed by atoms with Gasteiger partial charge >= 0.3 is 0 Å². The number of hydrogen-bond acceptors (Lipinski definition) is 1. The minimum atomic E-state index is 0.276. The number of rotatable bonds is 3. The summed E-state index contributed by atoms with van der Waals surface area (Å²) in [5.74, 6) is 0.276. The molecule has 0 amide bonds. The van der Waals surface area contributed by atoms with Gasteiger partial charge in [0.05, 0.1) is 0 Å². The molecule has 0 saturated carbocycles. The molecule has 49 heavy (non-hydrogen) atoms. The zero-order valence-electron chi connectivity index (χ0n) is 26.5. The van der Waals surface area contributed by atoms with Crippen LogP contribution in [0.15, 0.2) is 164 Å². The highest BCUT2D eigenvalue weighted by atomic mass is 16.3. The highest BCUT2D eigenvalue weighted by Gasteiger charge is 2.26. The Morgan fingerprint density at radius 3 is 1.51 bits per heavy atom. The van der Waals surface area contributed by atoms with E-state index in [9.17, 15) is 5.11 Å². The van der Waals surface area contributed by atoms with Crippen molar-refractivity contribution in [2.45, 2.75) is 0 Å². The van der Waals surface area contributed by atoms with Crippen molar-refractivity contribution in [3.05, 3.63) is 164 Å². The van der Waals surface area contributed by atoms with E-state index in [2.05, 4.69) is 146 Å². The molecule has 1 nitrogen and oxygen atoms in total. The number of benzene rings is 9. The van der Waals surface area contributed by atoms with Gasteiger partial charge in [-0.3, -0.25) is 0 Å². The van der Waals surface area contributed by atoms with Gasteiger partial charge in [-0.05, 0) is 127 Å². The molecular formula is C48H28O. The minimum Gasteiger partial charge on any atom is -0.508 e. The summed E-state index contributed by atoms with van der Waals surface area (Å²) >= 11 is 0. The molecule has 11 aromatic rings. The normalized spacial score (nSPS) is 12.2. The van der Waals surface area contributed by atoms with Crippen LogP contribution in [0.3, 0.4) is 0 Å². The Bertz CT molecular complexity index is 3080. The second kappa shape index (κ2) is 9.79. The number of phenolic OH excluding ortho intramolecular Hbond substituents is 1. The number of aromatic hydroxyl groups is 1. The molecule has 1 heteroatoms. The molecule has 0 unspecified atom stereocenters. The SMILES string of the molecule is Oc1cccc(-c2ccc3c4c(-c5ccccc5)c5c(cc6c7ccccc7c7cccc5c76)c(-c5ccccc5)c4c4cccc2c43)c1. The van der Waals surface area contributed by atoms with E-state index in [-0.39, 0.29) is 5.75 Å². The maximum absolute atomic E-state index is 10.4. The standard InChI is InChI=1S/C48H28O/c49-31-17-9-16-30(26-31)32-24-25-39-44-35(32)20-10-23-38(44)47-42(28-12-3-1-4-13-28)41-27-40-34-19-8-7-18-33(34)36-21-11-22-37(45(36)40)46(41)43(48(39)47)29-14-5-2-6-15-29/h1-27,49H. The van der Waals surface area contributed by atoms with Crippen molar-refractivity contribution in [2.24, 2.45) is 0 Å². The third kappa shape index (κ3) is 3.54. The number of hydrogen-bond donors (Lipinski definition) is 1. The predicted molar refractivity (Wildman–Crippen MR) is 209 cm³/mol. The van der Waals surface area contributed by atoms with Gasteiger partial charge in [-0.15, -0.1) is 0 Å². The Morgan fingerprint density at radius 2 is 0.776 bits per heavy atom. The maximum Gasteiger partial charge on any atom is 0.116 e. The van der Waals surface area contributed by atoms with Crippen molar-refractivity contribution < 1.29 is 5.11 Å². The van der Waals surface area contributed by atoms with Crippen LogP contribution in [-0.4, -0.2) is 5.11 Å². The Kier molecular flexibility index (Phi) is 5.32. The number of phenols is 1. The molecule has 0 saturated heterocycles. The van der Waals surface area contributed by atoms with Gasteiger partial charge in [0.15, 0.2) is 0 Å². The van der Waals surface area contributed by atoms with Crippen LogP contribution in [-0.2, 0) is 0 Å². The Labute approximate surface area is 282 Å². The van der Waals surface area contributed by atoms with Gasteiger partial charge in [0.2, 0.25) is 0 Å². The molecule has 11 aromatic carbocycles. The first kappa shape index (κ1) is 26.6. The monoisotopic (exact) mass is 620 g/mol. The third-order valence-corrected chi connectivity index (χ3v) is 10.8. The van der Waals surface area contributed by atoms with E-state index < -0.39 is 0 Å². The number of fused-ring (bicyclic) bond motifs is 8. The van der Waals surface area contributed by atoms with Gasteiger partial charge in [-0.2, -0.15) is 0 Å². The van der Waals surface area contributed by atoms with Gasteiger partial charge in [0.1, 0.15) is 5.75 Å². The molecule has 0 spiro atoms. The fourth-order valence-electron chi connectivity index (χ4n) is 8.94. The fourth-order valence-corrected chi connectivity index (χ4v) is 8.94. The van der Waals surface area contributed by atoms with Crippen molar-refractivity contribution in [3.63, 3.8) is 0 Å². The molecule has 0 aliphatic heterocycles. The summed E-state index contributed by atoms with van der Waals surface area (Å²) in [6.45, 7) is 0. The quantitative estimate of drug-likeness (QED) is 0.195. The van der Waals surface area contributed by atoms with Crippen molar-refractivity contribution in [1.29, 1.82) is 0 Å². The lowest BCUT2D eigenvalue weighted by molar-refractivity contribution is 0.475. The molecule has 0 bridgehead atoms.